The van der Waals surface area contributed by atoms with Crippen molar-refractivity contribution in [3.63, 3.8) is 0 Å². The number of nitrogens with one attached hydrogen (secondary N) is 15. The molecular weight excluding hydrogens is 1550 g/mol. The van der Waals surface area contributed by atoms with Crippen LogP contribution in [0.4, 0.5) is 13.2 Å². The van der Waals surface area contributed by atoms with Crippen LogP contribution in [0, 0.1) is 11.8 Å². The molecule has 50 heteroatoms. The molecule has 15 amide bonds. The molecule has 0 fully saturated rings. The van der Waals surface area contributed by atoms with E-state index in [4.69, 9.17) is 27.1 Å². The predicted octanol–water partition coefficient (Wildman–Crippen LogP) is -9.83. The number of carbonyl (C=O) groups is 21. The number of hydrogen-bond acceptors (Lipinski definition) is 24. The molecule has 0 spiro atoms. The van der Waals surface area contributed by atoms with Crippen molar-refractivity contribution >= 4 is 130 Å². The first-order valence-corrected chi connectivity index (χ1v) is 34.7. The molecule has 0 aromatic heterocycles. The number of halogens is 3. The maximum atomic E-state index is 14.3. The maximum Gasteiger partial charge on any atom is 0.490 e. The Morgan fingerprint density at radius 2 is 0.800 bits per heavy atom. The van der Waals surface area contributed by atoms with Crippen LogP contribution in [0.5, 0.6) is 0 Å². The average molecular weight is 1650 g/mol. The van der Waals surface area contributed by atoms with Crippen molar-refractivity contribution in [3.8, 4) is 0 Å². The number of guanidine groups is 1. The molecule has 0 saturated carbocycles. The number of hydrogen-bond donors (Lipinski definition) is 25. The Bertz CT molecular complexity index is 3640. The fourth-order valence-corrected chi connectivity index (χ4v) is 9.22. The van der Waals surface area contributed by atoms with Gasteiger partial charge in [0.25, 0.3) is 0 Å². The Hall–Kier alpha value is -12.9. The van der Waals surface area contributed by atoms with Crippen LogP contribution in [-0.4, -0.2) is 285 Å². The molecule has 0 aliphatic carbocycles. The van der Waals surface area contributed by atoms with E-state index in [1.807, 2.05) is 10.6 Å². The van der Waals surface area contributed by atoms with E-state index in [1.54, 1.807) is 45.9 Å². The highest BCUT2D eigenvalue weighted by molar-refractivity contribution is 6.00. The molecule has 0 heterocycles. The number of nitrogens with zero attached hydrogens (tertiary/aromatic N) is 1. The van der Waals surface area contributed by atoms with E-state index in [0.29, 0.717) is 5.56 Å². The summed E-state index contributed by atoms with van der Waals surface area (Å²) in [6, 6.07) is -9.82. The number of amides is 15. The number of aliphatic hydroxyl groups is 1. The summed E-state index contributed by atoms with van der Waals surface area (Å²) in [6.45, 7) is 3.35. The number of aliphatic carboxylic acids is 6. The summed E-state index contributed by atoms with van der Waals surface area (Å²) >= 11 is 0. The predicted molar refractivity (Wildman–Crippen MR) is 385 cm³/mol. The van der Waals surface area contributed by atoms with Crippen LogP contribution in [-0.2, 0) is 107 Å². The van der Waals surface area contributed by atoms with Crippen LogP contribution in [0.1, 0.15) is 105 Å². The van der Waals surface area contributed by atoms with Gasteiger partial charge in [-0.1, -0.05) is 58.0 Å². The smallest absolute Gasteiger partial charge is 0.481 e. The zero-order valence-electron chi connectivity index (χ0n) is 62.9. The standard InChI is InChI=1S/C63H97N19O26.C2HF3O2/c1-29(2)19-37(57(102)73-32(6)53(98)76-35(15-17-48(91)92)55(100)70-24-43(85)68-23-42(84)69-25-46(88)82-51(30(3)4)61(106)77-36(62(107)108)13-10-18-67-63(65)66)79-58(103)38(20-33-11-8-7-9-12-33)80-59(104)39(21-49(93)94)75-45(87)27-71-54(99)34(14-16-47(89)90)74-44(86)26-72-56(101)41(28-83)81-60(105)40(22-50(95)96)78-52(97)31(5)64;3-2(4,5)1(6)7/h7-9,11-12,29-32,34-41,51,83H,10,13-28,64H2,1-6H3,(H,68,85)(H,69,84)(H,70,100)(H,71,99)(H,72,101)(H,73,102)(H,74,86)(H,75,87)(H,76,98)(H,77,106)(H,78,97)(H,79,103)(H,80,104)(H,81,105)(H,82,88)(H,89,90)(H,91,92)(H,93,94)(H,95,96)(H,107,108)(H4,65,66,67);(H,6,7)/t31-,32-,34-,35-,36-,37-,38-,39-,40-,41-,51-;/m0./s1. The third kappa shape index (κ3) is 44.6. The van der Waals surface area contributed by atoms with Gasteiger partial charge in [-0.15, -0.1) is 0 Å². The van der Waals surface area contributed by atoms with Crippen molar-refractivity contribution in [1.29, 1.82) is 0 Å². The van der Waals surface area contributed by atoms with Crippen LogP contribution in [0.15, 0.2) is 35.3 Å². The minimum Gasteiger partial charge on any atom is -0.481 e. The van der Waals surface area contributed by atoms with Crippen LogP contribution >= 0.6 is 0 Å². The number of carboxylic acids is 6. The molecule has 0 aliphatic heterocycles. The topological polar surface area (TPSA) is 771 Å². The lowest BCUT2D eigenvalue weighted by Crippen LogP contribution is -2.59. The lowest BCUT2D eigenvalue weighted by molar-refractivity contribution is -0.192. The van der Waals surface area contributed by atoms with Crippen molar-refractivity contribution in [2.45, 2.75) is 178 Å². The van der Waals surface area contributed by atoms with Gasteiger partial charge in [-0.05, 0) is 63.4 Å². The van der Waals surface area contributed by atoms with Crippen molar-refractivity contribution < 1.29 is 150 Å². The molecular formula is C65H98F3N19O28. The largest absolute Gasteiger partial charge is 0.490 e. The number of rotatable bonds is 51. The van der Waals surface area contributed by atoms with Crippen LogP contribution in [0.2, 0.25) is 0 Å². The zero-order chi connectivity index (χ0) is 88.2. The Morgan fingerprint density at radius 1 is 0.417 bits per heavy atom. The molecule has 642 valence electrons. The summed E-state index contributed by atoms with van der Waals surface area (Å²) in [5, 5.41) is 97.5. The first kappa shape index (κ1) is 102. The molecule has 0 bridgehead atoms. The van der Waals surface area contributed by atoms with Crippen molar-refractivity contribution in [2.75, 3.05) is 45.9 Å². The number of carbonyl (C=O) groups excluding carboxylic acids is 15. The SMILES string of the molecule is CC(C)C[C@H](NC(=O)[C@H](Cc1ccccc1)NC(=O)[C@H](CC(=O)O)NC(=O)CNC(=O)[C@H](CCC(=O)O)NC(=O)CNC(=O)[C@H](CO)NC(=O)[C@H](CC(=O)O)NC(=O)[C@H](C)N)C(=O)N[C@@H](C)C(=O)N[C@@H](CCC(=O)O)C(=O)NCC(=O)NCC(=O)NCC(=O)N[C@H](C(=O)N[C@@H](CCCN=C(N)N)C(=O)O)C(C)C.O=C(O)C(F)(F)F. The molecule has 47 nitrogen and oxygen atoms in total. The molecule has 1 aromatic carbocycles. The van der Waals surface area contributed by atoms with Gasteiger partial charge in [0.05, 0.1) is 58.2 Å². The Balaban J connectivity index is 0.0000177. The highest BCUT2D eigenvalue weighted by Gasteiger charge is 2.39. The quantitative estimate of drug-likeness (QED) is 0.0164. The third-order valence-corrected chi connectivity index (χ3v) is 15.1. The van der Waals surface area contributed by atoms with Gasteiger partial charge in [-0.2, -0.15) is 13.2 Å². The minimum absolute atomic E-state index is 0.0559. The molecule has 1 rings (SSSR count). The van der Waals surface area contributed by atoms with Gasteiger partial charge >= 0.3 is 42.0 Å². The summed E-state index contributed by atoms with van der Waals surface area (Å²) in [5.74, 6) is -27.7. The fraction of sp³-hybridized carbons (Fsp3) is 0.569. The van der Waals surface area contributed by atoms with Crippen molar-refractivity contribution in [3.05, 3.63) is 35.9 Å². The van der Waals surface area contributed by atoms with Gasteiger partial charge in [0.2, 0.25) is 88.6 Å². The summed E-state index contributed by atoms with van der Waals surface area (Å²) in [6.07, 6.45) is -10.3. The first-order valence-electron chi connectivity index (χ1n) is 34.7. The molecule has 115 heavy (non-hydrogen) atoms. The number of aliphatic imine (C=N–C) groups is 1. The molecule has 0 unspecified atom stereocenters. The Morgan fingerprint density at radius 3 is 1.23 bits per heavy atom. The molecule has 11 atom stereocenters. The first-order chi connectivity index (χ1) is 53.5. The van der Waals surface area contributed by atoms with Gasteiger partial charge in [-0.25, -0.2) is 9.59 Å². The van der Waals surface area contributed by atoms with E-state index >= 15 is 0 Å². The van der Waals surface area contributed by atoms with Gasteiger partial charge in [0.15, 0.2) is 5.96 Å². The number of aliphatic hydroxyl groups excluding tert-OH is 1. The van der Waals surface area contributed by atoms with Gasteiger partial charge < -0.3 is 133 Å². The number of alkyl halides is 3. The maximum absolute atomic E-state index is 14.3. The van der Waals surface area contributed by atoms with E-state index in [0.717, 1.165) is 6.92 Å². The fourth-order valence-electron chi connectivity index (χ4n) is 9.22. The molecule has 0 aliphatic rings. The van der Waals surface area contributed by atoms with E-state index in [9.17, 15) is 140 Å². The summed E-state index contributed by atoms with van der Waals surface area (Å²) in [4.78, 5) is 269. The molecule has 0 saturated heterocycles. The summed E-state index contributed by atoms with van der Waals surface area (Å²) in [5.41, 5.74) is 16.4. The van der Waals surface area contributed by atoms with Gasteiger partial charge in [-0.3, -0.25) is 96.1 Å². The second-order valence-corrected chi connectivity index (χ2v) is 25.8. The van der Waals surface area contributed by atoms with Gasteiger partial charge in [0.1, 0.15) is 60.4 Å². The highest BCUT2D eigenvalue weighted by atomic mass is 19.4. The average Bonchev–Trinajstić information content (AvgIpc) is 0.856. The second kappa shape index (κ2) is 52.3. The molecule has 1 aromatic rings. The highest BCUT2D eigenvalue weighted by Crippen LogP contribution is 2.14. The molecule has 28 N–H and O–H groups in total. The van der Waals surface area contributed by atoms with Crippen LogP contribution in [0.3, 0.4) is 0 Å². The Labute approximate surface area is 652 Å². The normalized spacial score (nSPS) is 13.7. The van der Waals surface area contributed by atoms with E-state index in [2.05, 4.69) is 74.1 Å². The number of nitrogens with two attached hydrogens (primary N) is 3. The monoisotopic (exact) mass is 1650 g/mol. The van der Waals surface area contributed by atoms with Crippen LogP contribution in [0.25, 0.3) is 0 Å². The molecule has 0 radical (unpaired) electrons. The lowest BCUT2D eigenvalue weighted by atomic mass is 10.0. The zero-order valence-corrected chi connectivity index (χ0v) is 62.9. The van der Waals surface area contributed by atoms with Crippen molar-refractivity contribution in [2.24, 2.45) is 34.0 Å². The second-order valence-electron chi connectivity index (χ2n) is 25.8. The number of benzene rings is 1. The summed E-state index contributed by atoms with van der Waals surface area (Å²) in [7, 11) is 0. The van der Waals surface area contributed by atoms with E-state index in [-0.39, 0.29) is 44.1 Å². The lowest BCUT2D eigenvalue weighted by Gasteiger charge is -2.27. The Kier molecular flexibility index (Phi) is 46.4. The minimum atomic E-state index is -5.08. The van der Waals surface area contributed by atoms with Crippen molar-refractivity contribution in [1.82, 2.24) is 79.8 Å². The van der Waals surface area contributed by atoms with E-state index in [1.165, 1.54) is 19.1 Å². The van der Waals surface area contributed by atoms with Crippen LogP contribution < -0.4 is 97.0 Å². The number of carboxylic acid groups (broad SMARTS) is 6. The summed E-state index contributed by atoms with van der Waals surface area (Å²) < 4.78 is 31.7. The third-order valence-electron chi connectivity index (χ3n) is 15.1. The van der Waals surface area contributed by atoms with Gasteiger partial charge in [0, 0.05) is 25.8 Å². The van der Waals surface area contributed by atoms with E-state index < -0.39 is 281 Å².